The Bertz CT molecular complexity index is 1150. The molecule has 7 heteroatoms. The Balaban J connectivity index is 1.34. The van der Waals surface area contributed by atoms with Crippen LogP contribution in [-0.4, -0.2) is 93.2 Å². The Morgan fingerprint density at radius 1 is 0.763 bits per heavy atom. The van der Waals surface area contributed by atoms with Crippen molar-refractivity contribution in [3.63, 3.8) is 0 Å². The summed E-state index contributed by atoms with van der Waals surface area (Å²) in [6.07, 6.45) is 1.97. The molecule has 0 atom stereocenters. The van der Waals surface area contributed by atoms with Gasteiger partial charge in [0, 0.05) is 89.6 Å². The number of hydrogen-bond donors (Lipinski definition) is 0. The van der Waals surface area contributed by atoms with Gasteiger partial charge in [0.05, 0.1) is 12.8 Å². The van der Waals surface area contributed by atoms with Crippen LogP contribution in [0.25, 0.3) is 0 Å². The van der Waals surface area contributed by atoms with Crippen LogP contribution in [-0.2, 0) is 19.6 Å². The molecule has 2 saturated heterocycles. The molecule has 0 aliphatic carbocycles. The van der Waals surface area contributed by atoms with Gasteiger partial charge < -0.3 is 24.3 Å². The molecular weight excluding hydrogens is 472 g/mol. The SMILES string of the molecule is COc1cccc(CN(Cc2ccc(N3CCN(C)CC3)cc2)c2ccnc(CN3CCN(C)CC3)c2)c1. The monoisotopic (exact) mass is 514 g/mol. The van der Waals surface area contributed by atoms with E-state index >= 15 is 0 Å². The number of methoxy groups -OCH3 is 1. The average Bonchev–Trinajstić information content (AvgIpc) is 2.95. The summed E-state index contributed by atoms with van der Waals surface area (Å²) in [5.74, 6) is 0.893. The summed E-state index contributed by atoms with van der Waals surface area (Å²) in [5.41, 5.74) is 6.20. The van der Waals surface area contributed by atoms with E-state index in [0.29, 0.717) is 0 Å². The van der Waals surface area contributed by atoms with Gasteiger partial charge in [0.25, 0.3) is 0 Å². The minimum Gasteiger partial charge on any atom is -0.497 e. The normalized spacial score (nSPS) is 17.5. The quantitative estimate of drug-likeness (QED) is 0.430. The molecule has 38 heavy (non-hydrogen) atoms. The van der Waals surface area contributed by atoms with Crippen molar-refractivity contribution in [2.75, 3.05) is 83.4 Å². The third-order valence-electron chi connectivity index (χ3n) is 7.83. The van der Waals surface area contributed by atoms with Gasteiger partial charge in [-0.2, -0.15) is 0 Å². The number of pyridine rings is 1. The minimum absolute atomic E-state index is 0.801. The zero-order chi connectivity index (χ0) is 26.3. The van der Waals surface area contributed by atoms with E-state index in [1.165, 1.54) is 22.5 Å². The summed E-state index contributed by atoms with van der Waals surface area (Å²) in [6.45, 7) is 11.4. The van der Waals surface area contributed by atoms with Crippen molar-refractivity contribution in [1.82, 2.24) is 19.7 Å². The van der Waals surface area contributed by atoms with Crippen LogP contribution in [0.5, 0.6) is 5.75 Å². The van der Waals surface area contributed by atoms with Gasteiger partial charge in [-0.05, 0) is 61.6 Å². The number of anilines is 2. The minimum atomic E-state index is 0.801. The second-order valence-corrected chi connectivity index (χ2v) is 10.7. The number of likely N-dealkylation sites (N-methyl/N-ethyl adjacent to an activating group) is 2. The van der Waals surface area contributed by atoms with Crippen molar-refractivity contribution in [1.29, 1.82) is 0 Å². The topological polar surface area (TPSA) is 38.3 Å². The van der Waals surface area contributed by atoms with Crippen molar-refractivity contribution >= 4 is 11.4 Å². The van der Waals surface area contributed by atoms with E-state index in [-0.39, 0.29) is 0 Å². The third-order valence-corrected chi connectivity index (χ3v) is 7.83. The fraction of sp³-hybridized carbons (Fsp3) is 0.452. The van der Waals surface area contributed by atoms with E-state index in [1.807, 2.05) is 12.3 Å². The van der Waals surface area contributed by atoms with Gasteiger partial charge >= 0.3 is 0 Å². The maximum Gasteiger partial charge on any atom is 0.119 e. The van der Waals surface area contributed by atoms with Crippen LogP contribution in [0.2, 0.25) is 0 Å². The van der Waals surface area contributed by atoms with Crippen molar-refractivity contribution in [3.8, 4) is 5.75 Å². The Labute approximate surface area is 228 Å². The highest BCUT2D eigenvalue weighted by Crippen LogP contribution is 2.25. The van der Waals surface area contributed by atoms with Crippen LogP contribution in [0.3, 0.4) is 0 Å². The summed E-state index contributed by atoms with van der Waals surface area (Å²) >= 11 is 0. The first kappa shape index (κ1) is 26.5. The zero-order valence-electron chi connectivity index (χ0n) is 23.2. The molecule has 7 nitrogen and oxygen atoms in total. The van der Waals surface area contributed by atoms with Gasteiger partial charge in [-0.3, -0.25) is 9.88 Å². The van der Waals surface area contributed by atoms with E-state index in [0.717, 1.165) is 83.4 Å². The van der Waals surface area contributed by atoms with Gasteiger partial charge in [0.2, 0.25) is 0 Å². The first-order chi connectivity index (χ1) is 18.6. The van der Waals surface area contributed by atoms with Crippen molar-refractivity contribution in [3.05, 3.63) is 83.7 Å². The van der Waals surface area contributed by atoms with Gasteiger partial charge in [0.1, 0.15) is 5.75 Å². The van der Waals surface area contributed by atoms with Crippen LogP contribution in [0.15, 0.2) is 66.9 Å². The summed E-state index contributed by atoms with van der Waals surface area (Å²) in [5, 5.41) is 0. The zero-order valence-corrected chi connectivity index (χ0v) is 23.2. The van der Waals surface area contributed by atoms with Gasteiger partial charge in [0.15, 0.2) is 0 Å². The molecule has 3 heterocycles. The molecule has 2 aliphatic rings. The molecule has 2 fully saturated rings. The number of nitrogens with zero attached hydrogens (tertiary/aromatic N) is 6. The lowest BCUT2D eigenvalue weighted by Crippen LogP contribution is -2.44. The molecule has 0 spiro atoms. The lowest BCUT2D eigenvalue weighted by molar-refractivity contribution is 0.147. The van der Waals surface area contributed by atoms with Gasteiger partial charge in [-0.15, -0.1) is 0 Å². The fourth-order valence-electron chi connectivity index (χ4n) is 5.31. The molecule has 0 saturated carbocycles. The van der Waals surface area contributed by atoms with Gasteiger partial charge in [-0.25, -0.2) is 0 Å². The molecule has 2 aromatic carbocycles. The number of piperazine rings is 2. The Morgan fingerprint density at radius 2 is 1.45 bits per heavy atom. The smallest absolute Gasteiger partial charge is 0.119 e. The molecule has 5 rings (SSSR count). The van der Waals surface area contributed by atoms with Crippen LogP contribution in [0.4, 0.5) is 11.4 Å². The molecule has 0 amide bonds. The Hall–Kier alpha value is -3.13. The Morgan fingerprint density at radius 3 is 2.16 bits per heavy atom. The number of hydrogen-bond acceptors (Lipinski definition) is 7. The number of aromatic nitrogens is 1. The predicted molar refractivity (Wildman–Crippen MR) is 156 cm³/mol. The van der Waals surface area contributed by atoms with E-state index in [1.54, 1.807) is 7.11 Å². The Kier molecular flexibility index (Phi) is 8.79. The molecule has 0 radical (unpaired) electrons. The first-order valence-electron chi connectivity index (χ1n) is 13.8. The maximum absolute atomic E-state index is 5.50. The second-order valence-electron chi connectivity index (χ2n) is 10.7. The standard InChI is InChI=1S/C31H42N6O/c1-33-13-17-35(18-14-33)25-28-22-30(11-12-32-28)37(24-27-5-4-6-31(21-27)38-3)23-26-7-9-29(10-8-26)36-19-15-34(2)16-20-36/h4-12,21-22H,13-20,23-25H2,1-3H3. The van der Waals surface area contributed by atoms with Crippen LogP contribution in [0, 0.1) is 0 Å². The average molecular weight is 515 g/mol. The van der Waals surface area contributed by atoms with Crippen LogP contribution < -0.4 is 14.5 Å². The van der Waals surface area contributed by atoms with Gasteiger partial charge in [-0.1, -0.05) is 24.3 Å². The summed E-state index contributed by atoms with van der Waals surface area (Å²) < 4.78 is 5.50. The largest absolute Gasteiger partial charge is 0.497 e. The molecule has 1 aromatic heterocycles. The third kappa shape index (κ3) is 7.04. The molecule has 0 N–H and O–H groups in total. The summed E-state index contributed by atoms with van der Waals surface area (Å²) in [7, 11) is 6.13. The van der Waals surface area contributed by atoms with Crippen LogP contribution >= 0.6 is 0 Å². The first-order valence-corrected chi connectivity index (χ1v) is 13.8. The predicted octanol–water partition coefficient (Wildman–Crippen LogP) is 3.80. The number of ether oxygens (including phenoxy) is 1. The molecule has 0 bridgehead atoms. The second kappa shape index (κ2) is 12.6. The molecule has 3 aromatic rings. The summed E-state index contributed by atoms with van der Waals surface area (Å²) in [6, 6.07) is 22.0. The van der Waals surface area contributed by atoms with E-state index in [4.69, 9.17) is 9.72 Å². The number of rotatable bonds is 9. The van der Waals surface area contributed by atoms with Crippen molar-refractivity contribution in [2.24, 2.45) is 0 Å². The highest BCUT2D eigenvalue weighted by atomic mass is 16.5. The summed E-state index contributed by atoms with van der Waals surface area (Å²) in [4.78, 5) is 17.0. The lowest BCUT2D eigenvalue weighted by Gasteiger charge is -2.34. The van der Waals surface area contributed by atoms with Crippen molar-refractivity contribution in [2.45, 2.75) is 19.6 Å². The molecular formula is C31H42N6O. The van der Waals surface area contributed by atoms with Crippen molar-refractivity contribution < 1.29 is 4.74 Å². The fourth-order valence-corrected chi connectivity index (χ4v) is 5.31. The highest BCUT2D eigenvalue weighted by molar-refractivity contribution is 5.51. The molecule has 0 unspecified atom stereocenters. The molecule has 2 aliphatic heterocycles. The van der Waals surface area contributed by atoms with E-state index < -0.39 is 0 Å². The van der Waals surface area contributed by atoms with E-state index in [2.05, 4.69) is 93.2 Å². The number of benzene rings is 2. The maximum atomic E-state index is 5.50. The van der Waals surface area contributed by atoms with Crippen LogP contribution in [0.1, 0.15) is 16.8 Å². The highest BCUT2D eigenvalue weighted by Gasteiger charge is 2.17. The van der Waals surface area contributed by atoms with E-state index in [9.17, 15) is 0 Å². The molecule has 202 valence electrons. The lowest BCUT2D eigenvalue weighted by atomic mass is 10.1.